The van der Waals surface area contributed by atoms with Crippen LogP contribution in [0.1, 0.15) is 5.56 Å². The fourth-order valence-electron chi connectivity index (χ4n) is 8.01. The van der Waals surface area contributed by atoms with E-state index in [0.29, 0.717) is 0 Å². The van der Waals surface area contributed by atoms with E-state index >= 15 is 0 Å². The summed E-state index contributed by atoms with van der Waals surface area (Å²) in [6, 6.07) is 63.1. The lowest BCUT2D eigenvalue weighted by Crippen LogP contribution is -2.15. The standard InChI is InChI=1S/C52H35NO/c1-2-3-20-42(32-41-19-12-25-49-50-33-37-15-4-5-16-38(37)34-51(50)54-52(41)49)53(44-28-29-48-40(31-44)27-26-36-14-7-9-23-46(36)48)43-21-10-18-39(30-43)47-24-11-17-35-13-6-8-22-45(35)47/h2-34H,1H2/b20-3-,42-32-. The molecule has 0 saturated carbocycles. The van der Waals surface area contributed by atoms with Gasteiger partial charge in [0, 0.05) is 33.4 Å². The van der Waals surface area contributed by atoms with Crippen LogP contribution >= 0.6 is 0 Å². The molecule has 2 nitrogen and oxygen atoms in total. The fraction of sp³-hybridized carbons (Fsp3) is 0. The summed E-state index contributed by atoms with van der Waals surface area (Å²) in [6.45, 7) is 4.05. The van der Waals surface area contributed by atoms with Crippen molar-refractivity contribution in [1.82, 2.24) is 0 Å². The minimum atomic E-state index is 0.863. The van der Waals surface area contributed by atoms with Gasteiger partial charge in [-0.3, -0.25) is 0 Å². The zero-order valence-corrected chi connectivity index (χ0v) is 29.6. The van der Waals surface area contributed by atoms with Crippen molar-refractivity contribution in [2.45, 2.75) is 0 Å². The number of hydrogen-bond acceptors (Lipinski definition) is 2. The lowest BCUT2D eigenvalue weighted by molar-refractivity contribution is 0.668. The molecule has 0 radical (unpaired) electrons. The third kappa shape index (κ3) is 5.44. The van der Waals surface area contributed by atoms with Crippen molar-refractivity contribution >= 4 is 82.5 Å². The summed E-state index contributed by atoms with van der Waals surface area (Å²) in [6.07, 6.45) is 8.21. The first-order valence-electron chi connectivity index (χ1n) is 18.4. The van der Waals surface area contributed by atoms with Crippen molar-refractivity contribution in [2.24, 2.45) is 0 Å². The van der Waals surface area contributed by atoms with Crippen LogP contribution in [0.4, 0.5) is 11.4 Å². The van der Waals surface area contributed by atoms with Crippen LogP contribution < -0.4 is 4.90 Å². The SMILES string of the molecule is C=C/C=C\C(=C\c1cccc2c1oc1cc3ccccc3cc12)N(c1cccc(-c2cccc3ccccc23)c1)c1ccc2c(ccc3ccccc32)c1. The van der Waals surface area contributed by atoms with Crippen molar-refractivity contribution in [3.05, 3.63) is 212 Å². The second-order valence-corrected chi connectivity index (χ2v) is 13.8. The Balaban J connectivity index is 1.21. The molecule has 0 bridgehead atoms. The third-order valence-corrected chi connectivity index (χ3v) is 10.6. The molecule has 1 aromatic heterocycles. The Morgan fingerprint density at radius 2 is 1.13 bits per heavy atom. The summed E-state index contributed by atoms with van der Waals surface area (Å²) in [7, 11) is 0. The van der Waals surface area contributed by atoms with Crippen LogP contribution in [-0.2, 0) is 0 Å². The quantitative estimate of drug-likeness (QED) is 0.122. The van der Waals surface area contributed by atoms with E-state index in [9.17, 15) is 0 Å². The van der Waals surface area contributed by atoms with Gasteiger partial charge in [-0.1, -0.05) is 158 Å². The molecule has 0 saturated heterocycles. The molecule has 0 aliphatic rings. The summed E-state index contributed by atoms with van der Waals surface area (Å²) < 4.78 is 6.70. The Morgan fingerprint density at radius 1 is 0.481 bits per heavy atom. The van der Waals surface area contributed by atoms with Crippen LogP contribution in [0, 0.1) is 0 Å². The van der Waals surface area contributed by atoms with Gasteiger partial charge in [-0.25, -0.2) is 0 Å². The molecule has 0 N–H and O–H groups in total. The van der Waals surface area contributed by atoms with Gasteiger partial charge in [0.2, 0.25) is 0 Å². The highest BCUT2D eigenvalue weighted by Crippen LogP contribution is 2.40. The molecule has 2 heteroatoms. The molecule has 10 rings (SSSR count). The number of fused-ring (bicyclic) bond motifs is 8. The lowest BCUT2D eigenvalue weighted by Gasteiger charge is -2.28. The smallest absolute Gasteiger partial charge is 0.142 e. The maximum Gasteiger partial charge on any atom is 0.142 e. The van der Waals surface area contributed by atoms with Crippen molar-refractivity contribution < 1.29 is 4.42 Å². The Kier molecular flexibility index (Phi) is 7.66. The maximum absolute atomic E-state index is 6.70. The van der Waals surface area contributed by atoms with Crippen molar-refractivity contribution in [1.29, 1.82) is 0 Å². The van der Waals surface area contributed by atoms with Crippen LogP contribution in [0.25, 0.3) is 82.2 Å². The molecule has 0 fully saturated rings. The van der Waals surface area contributed by atoms with E-state index in [1.165, 1.54) is 43.3 Å². The topological polar surface area (TPSA) is 16.4 Å². The largest absolute Gasteiger partial charge is 0.455 e. The molecule has 0 spiro atoms. The second kappa shape index (κ2) is 13.1. The van der Waals surface area contributed by atoms with Crippen molar-refractivity contribution in [2.75, 3.05) is 4.90 Å². The fourth-order valence-corrected chi connectivity index (χ4v) is 8.01. The van der Waals surface area contributed by atoms with E-state index in [1.807, 2.05) is 12.2 Å². The third-order valence-electron chi connectivity index (χ3n) is 10.6. The maximum atomic E-state index is 6.70. The molecule has 1 heterocycles. The summed E-state index contributed by atoms with van der Waals surface area (Å²) in [5.74, 6) is 0. The highest BCUT2D eigenvalue weighted by molar-refractivity contribution is 6.12. The number of hydrogen-bond donors (Lipinski definition) is 0. The molecular weight excluding hydrogens is 655 g/mol. The second-order valence-electron chi connectivity index (χ2n) is 13.8. The predicted molar refractivity (Wildman–Crippen MR) is 232 cm³/mol. The van der Waals surface area contributed by atoms with Crippen LogP contribution in [0.3, 0.4) is 0 Å². The molecule has 0 aliphatic carbocycles. The number of furan rings is 1. The number of allylic oxidation sites excluding steroid dienone is 3. The Hall–Kier alpha value is -7.16. The van der Waals surface area contributed by atoms with Crippen molar-refractivity contribution in [3.63, 3.8) is 0 Å². The minimum absolute atomic E-state index is 0.863. The molecule has 54 heavy (non-hydrogen) atoms. The normalized spacial score (nSPS) is 12.2. The van der Waals surface area contributed by atoms with Crippen LogP contribution in [0.15, 0.2) is 211 Å². The summed E-state index contributed by atoms with van der Waals surface area (Å²) in [5.41, 5.74) is 8.17. The van der Waals surface area contributed by atoms with Crippen LogP contribution in [0.5, 0.6) is 0 Å². The van der Waals surface area contributed by atoms with Gasteiger partial charge in [-0.15, -0.1) is 0 Å². The van der Waals surface area contributed by atoms with E-state index in [-0.39, 0.29) is 0 Å². The van der Waals surface area contributed by atoms with Gasteiger partial charge in [0.1, 0.15) is 11.2 Å². The monoisotopic (exact) mass is 689 g/mol. The summed E-state index contributed by atoms with van der Waals surface area (Å²) >= 11 is 0. The van der Waals surface area contributed by atoms with Crippen molar-refractivity contribution in [3.8, 4) is 11.1 Å². The first-order valence-corrected chi connectivity index (χ1v) is 18.4. The van der Waals surface area contributed by atoms with Gasteiger partial charge in [0.05, 0.1) is 0 Å². The predicted octanol–water partition coefficient (Wildman–Crippen LogP) is 14.8. The summed E-state index contributed by atoms with van der Waals surface area (Å²) in [4.78, 5) is 2.35. The molecule has 9 aromatic carbocycles. The van der Waals surface area contributed by atoms with Gasteiger partial charge >= 0.3 is 0 Å². The molecule has 0 unspecified atom stereocenters. The average molecular weight is 690 g/mol. The van der Waals surface area contributed by atoms with E-state index in [0.717, 1.165) is 55.5 Å². The number of nitrogens with zero attached hydrogens (tertiary/aromatic N) is 1. The first-order chi connectivity index (χ1) is 26.7. The van der Waals surface area contributed by atoms with Gasteiger partial charge in [-0.2, -0.15) is 0 Å². The van der Waals surface area contributed by atoms with E-state index in [2.05, 4.69) is 200 Å². The Labute approximate surface area is 313 Å². The van der Waals surface area contributed by atoms with Gasteiger partial charge in [0.15, 0.2) is 0 Å². The van der Waals surface area contributed by atoms with Gasteiger partial charge in [-0.05, 0) is 103 Å². The van der Waals surface area contributed by atoms with Crippen LogP contribution in [0.2, 0.25) is 0 Å². The zero-order chi connectivity index (χ0) is 36.0. The number of para-hydroxylation sites is 1. The van der Waals surface area contributed by atoms with E-state index in [1.54, 1.807) is 0 Å². The molecule has 0 aliphatic heterocycles. The molecule has 10 aromatic rings. The van der Waals surface area contributed by atoms with E-state index in [4.69, 9.17) is 4.42 Å². The molecule has 0 amide bonds. The molecule has 254 valence electrons. The van der Waals surface area contributed by atoms with Crippen LogP contribution in [-0.4, -0.2) is 0 Å². The highest BCUT2D eigenvalue weighted by atomic mass is 16.3. The molecular formula is C52H35NO. The zero-order valence-electron chi connectivity index (χ0n) is 29.6. The van der Waals surface area contributed by atoms with Gasteiger partial charge in [0.25, 0.3) is 0 Å². The minimum Gasteiger partial charge on any atom is -0.455 e. The van der Waals surface area contributed by atoms with Gasteiger partial charge < -0.3 is 9.32 Å². The summed E-state index contributed by atoms with van der Waals surface area (Å²) in [5, 5.41) is 11.9. The highest BCUT2D eigenvalue weighted by Gasteiger charge is 2.18. The molecule has 0 atom stereocenters. The number of anilines is 2. The Morgan fingerprint density at radius 3 is 1.98 bits per heavy atom. The number of benzene rings is 9. The number of rotatable bonds is 7. The van der Waals surface area contributed by atoms with E-state index < -0.39 is 0 Å². The Bertz CT molecular complexity index is 3140. The first kappa shape index (κ1) is 31.6. The average Bonchev–Trinajstić information content (AvgIpc) is 3.60. The lowest BCUT2D eigenvalue weighted by atomic mass is 9.97.